The number of halogens is 2. The summed E-state index contributed by atoms with van der Waals surface area (Å²) in [5, 5.41) is 4.26. The zero-order chi connectivity index (χ0) is 21.3. The fourth-order valence-corrected chi connectivity index (χ4v) is 3.36. The number of anilines is 2. The van der Waals surface area contributed by atoms with Crippen LogP contribution in [-0.4, -0.2) is 21.6 Å². The van der Waals surface area contributed by atoms with E-state index in [0.717, 1.165) is 27.7 Å². The summed E-state index contributed by atoms with van der Waals surface area (Å²) in [5.74, 6) is -0.0704. The van der Waals surface area contributed by atoms with Crippen molar-refractivity contribution in [2.45, 2.75) is 13.5 Å². The molecule has 4 aromatic rings. The third-order valence-electron chi connectivity index (χ3n) is 4.72. The second kappa shape index (κ2) is 8.12. The maximum absolute atomic E-state index is 13.5. The summed E-state index contributed by atoms with van der Waals surface area (Å²) in [4.78, 5) is 20.8. The fraction of sp³-hybridized carbons (Fsp3) is 0.136. The molecule has 30 heavy (non-hydrogen) atoms. The molecule has 0 radical (unpaired) electrons. The molecule has 0 aliphatic carbocycles. The largest absolute Gasteiger partial charge is 0.490 e. The quantitative estimate of drug-likeness (QED) is 0.503. The minimum Gasteiger partial charge on any atom is -0.490 e. The summed E-state index contributed by atoms with van der Waals surface area (Å²) in [6.07, 6.45) is 3.28. The standard InChI is InChI=1S/C22H18ClFN4O2/c1-13-8-15-4-3-7-25-19(15)10-18(13)26-22-27-21(29)20(30-2)12-28(22)11-14-5-6-17(24)16(23)9-14/h3-10,12H,11H2,1-2H3,(H,26,27,29). The first-order valence-corrected chi connectivity index (χ1v) is 9.54. The number of rotatable bonds is 5. The highest BCUT2D eigenvalue weighted by atomic mass is 35.5. The van der Waals surface area contributed by atoms with Crippen LogP contribution in [0.25, 0.3) is 10.9 Å². The molecule has 2 heterocycles. The molecule has 2 aromatic heterocycles. The molecule has 2 aromatic carbocycles. The van der Waals surface area contributed by atoms with Crippen LogP contribution < -0.4 is 15.6 Å². The van der Waals surface area contributed by atoms with Crippen LogP contribution in [0.15, 0.2) is 59.7 Å². The first-order valence-electron chi connectivity index (χ1n) is 9.16. The lowest BCUT2D eigenvalue weighted by atomic mass is 10.1. The molecule has 0 saturated heterocycles. The van der Waals surface area contributed by atoms with E-state index in [9.17, 15) is 9.18 Å². The van der Waals surface area contributed by atoms with E-state index in [-0.39, 0.29) is 10.8 Å². The molecule has 4 rings (SSSR count). The molecule has 0 spiro atoms. The molecule has 8 heteroatoms. The minimum absolute atomic E-state index is 0.0272. The first-order chi connectivity index (χ1) is 14.4. The Labute approximate surface area is 176 Å². The number of methoxy groups -OCH3 is 1. The average molecular weight is 425 g/mol. The van der Waals surface area contributed by atoms with E-state index in [1.165, 1.54) is 19.2 Å². The van der Waals surface area contributed by atoms with Gasteiger partial charge in [0.25, 0.3) is 0 Å². The number of nitrogens with zero attached hydrogens (tertiary/aromatic N) is 3. The Morgan fingerprint density at radius 2 is 2.07 bits per heavy atom. The molecule has 152 valence electrons. The predicted octanol–water partition coefficient (Wildman–Crippen LogP) is 4.69. The van der Waals surface area contributed by atoms with Gasteiger partial charge in [-0.1, -0.05) is 23.7 Å². The van der Waals surface area contributed by atoms with Crippen molar-refractivity contribution in [1.82, 2.24) is 14.5 Å². The summed E-state index contributed by atoms with van der Waals surface area (Å²) in [5.41, 5.74) is 2.80. The van der Waals surface area contributed by atoms with Crippen LogP contribution in [0.5, 0.6) is 5.75 Å². The van der Waals surface area contributed by atoms with E-state index >= 15 is 0 Å². The van der Waals surface area contributed by atoms with Gasteiger partial charge in [-0.3, -0.25) is 9.78 Å². The summed E-state index contributed by atoms with van der Waals surface area (Å²) >= 11 is 5.91. The summed E-state index contributed by atoms with van der Waals surface area (Å²) < 4.78 is 20.4. The Balaban J connectivity index is 1.77. The zero-order valence-electron chi connectivity index (χ0n) is 16.3. The van der Waals surface area contributed by atoms with E-state index in [1.54, 1.807) is 23.0 Å². The molecule has 0 bridgehead atoms. The summed E-state index contributed by atoms with van der Waals surface area (Å²) in [7, 11) is 1.41. The van der Waals surface area contributed by atoms with Gasteiger partial charge in [0.2, 0.25) is 11.7 Å². The number of fused-ring (bicyclic) bond motifs is 1. The molecule has 0 amide bonds. The number of hydrogen-bond donors (Lipinski definition) is 1. The topological polar surface area (TPSA) is 69.0 Å². The summed E-state index contributed by atoms with van der Waals surface area (Å²) in [6, 6.07) is 12.2. The lowest BCUT2D eigenvalue weighted by molar-refractivity contribution is 0.402. The van der Waals surface area contributed by atoms with Gasteiger partial charge in [-0.2, -0.15) is 4.98 Å². The van der Waals surface area contributed by atoms with Gasteiger partial charge in [-0.25, -0.2) is 4.39 Å². The van der Waals surface area contributed by atoms with Crippen LogP contribution >= 0.6 is 11.6 Å². The van der Waals surface area contributed by atoms with Crippen molar-refractivity contribution in [3.8, 4) is 5.75 Å². The van der Waals surface area contributed by atoms with E-state index in [1.807, 2.05) is 31.2 Å². The normalized spacial score (nSPS) is 10.9. The molecular weight excluding hydrogens is 407 g/mol. The third-order valence-corrected chi connectivity index (χ3v) is 5.01. The van der Waals surface area contributed by atoms with Gasteiger partial charge < -0.3 is 14.6 Å². The number of nitrogens with one attached hydrogen (secondary N) is 1. The summed E-state index contributed by atoms with van der Waals surface area (Å²) in [6.45, 7) is 2.26. The lowest BCUT2D eigenvalue weighted by Gasteiger charge is -2.17. The van der Waals surface area contributed by atoms with E-state index in [4.69, 9.17) is 16.3 Å². The van der Waals surface area contributed by atoms with Gasteiger partial charge in [0.1, 0.15) is 5.82 Å². The van der Waals surface area contributed by atoms with Crippen molar-refractivity contribution in [2.24, 2.45) is 0 Å². The first kappa shape index (κ1) is 19.8. The highest BCUT2D eigenvalue weighted by molar-refractivity contribution is 6.30. The molecule has 0 aliphatic heterocycles. The van der Waals surface area contributed by atoms with Gasteiger partial charge >= 0.3 is 5.56 Å². The fourth-order valence-electron chi connectivity index (χ4n) is 3.16. The number of hydrogen-bond acceptors (Lipinski definition) is 5. The van der Waals surface area contributed by atoms with Crippen molar-refractivity contribution >= 4 is 34.1 Å². The van der Waals surface area contributed by atoms with Gasteiger partial charge in [-0.15, -0.1) is 0 Å². The second-order valence-corrected chi connectivity index (χ2v) is 7.21. The Morgan fingerprint density at radius 1 is 1.23 bits per heavy atom. The van der Waals surface area contributed by atoms with Gasteiger partial charge in [0.05, 0.1) is 30.4 Å². The Bertz CT molecular complexity index is 1310. The second-order valence-electron chi connectivity index (χ2n) is 6.80. The maximum atomic E-state index is 13.5. The van der Waals surface area contributed by atoms with Crippen LogP contribution in [0.2, 0.25) is 5.02 Å². The van der Waals surface area contributed by atoms with Crippen LogP contribution in [0.1, 0.15) is 11.1 Å². The molecule has 0 fully saturated rings. The van der Waals surface area contributed by atoms with Crippen LogP contribution in [0, 0.1) is 12.7 Å². The molecule has 0 atom stereocenters. The van der Waals surface area contributed by atoms with Crippen molar-refractivity contribution in [1.29, 1.82) is 0 Å². The minimum atomic E-state index is -0.495. The van der Waals surface area contributed by atoms with Gasteiger partial charge in [-0.05, 0) is 48.4 Å². The number of aromatic nitrogens is 3. The smallest absolute Gasteiger partial charge is 0.316 e. The molecule has 0 unspecified atom stereocenters. The zero-order valence-corrected chi connectivity index (χ0v) is 17.1. The molecule has 1 N–H and O–H groups in total. The predicted molar refractivity (Wildman–Crippen MR) is 115 cm³/mol. The van der Waals surface area contributed by atoms with Crippen molar-refractivity contribution in [2.75, 3.05) is 12.4 Å². The van der Waals surface area contributed by atoms with E-state index in [2.05, 4.69) is 15.3 Å². The Kier molecular flexibility index (Phi) is 5.37. The number of pyridine rings is 1. The Morgan fingerprint density at radius 3 is 2.83 bits per heavy atom. The van der Waals surface area contributed by atoms with Crippen LogP contribution in [-0.2, 0) is 6.54 Å². The number of aryl methyl sites for hydroxylation is 1. The monoisotopic (exact) mass is 424 g/mol. The Hall–Kier alpha value is -3.45. The average Bonchev–Trinajstić information content (AvgIpc) is 2.73. The van der Waals surface area contributed by atoms with Crippen molar-refractivity contribution in [3.63, 3.8) is 0 Å². The van der Waals surface area contributed by atoms with Gasteiger partial charge in [0.15, 0.2) is 0 Å². The maximum Gasteiger partial charge on any atom is 0.316 e. The van der Waals surface area contributed by atoms with Gasteiger partial charge in [0, 0.05) is 17.3 Å². The van der Waals surface area contributed by atoms with Crippen molar-refractivity contribution in [3.05, 3.63) is 87.2 Å². The third kappa shape index (κ3) is 3.97. The van der Waals surface area contributed by atoms with Crippen molar-refractivity contribution < 1.29 is 9.13 Å². The highest BCUT2D eigenvalue weighted by Crippen LogP contribution is 2.25. The van der Waals surface area contributed by atoms with E-state index in [0.29, 0.717) is 12.5 Å². The molecule has 0 saturated carbocycles. The molecular formula is C22H18ClFN4O2. The van der Waals surface area contributed by atoms with E-state index < -0.39 is 11.4 Å². The highest BCUT2D eigenvalue weighted by Gasteiger charge is 2.12. The lowest BCUT2D eigenvalue weighted by Crippen LogP contribution is -2.19. The number of benzene rings is 2. The number of ether oxygens (including phenoxy) is 1. The SMILES string of the molecule is COc1cn(Cc2ccc(F)c(Cl)c2)c(Nc2cc3ncccc3cc2C)nc1=O. The van der Waals surface area contributed by atoms with Crippen LogP contribution in [0.4, 0.5) is 16.0 Å². The molecule has 0 aliphatic rings. The molecule has 6 nitrogen and oxygen atoms in total. The van der Waals surface area contributed by atoms with Crippen LogP contribution in [0.3, 0.4) is 0 Å².